The molecule has 0 aliphatic heterocycles. The van der Waals surface area contributed by atoms with Crippen LogP contribution in [0.5, 0.6) is 0 Å². The monoisotopic (exact) mass is 309 g/mol. The fourth-order valence-corrected chi connectivity index (χ4v) is 2.71. The zero-order valence-electron chi connectivity index (χ0n) is 11.4. The summed E-state index contributed by atoms with van der Waals surface area (Å²) in [6.45, 7) is 0. The number of benzene rings is 2. The number of rotatable bonds is 3. The molecule has 0 atom stereocenters. The van der Waals surface area contributed by atoms with E-state index in [9.17, 15) is 13.2 Å². The normalized spacial score (nSPS) is 9.64. The molecule has 22 heavy (non-hydrogen) atoms. The summed E-state index contributed by atoms with van der Waals surface area (Å²) in [5.41, 5.74) is 0.993. The summed E-state index contributed by atoms with van der Waals surface area (Å²) >= 11 is 0. The second kappa shape index (κ2) is 7.12. The van der Waals surface area contributed by atoms with Crippen molar-refractivity contribution in [2.75, 3.05) is 4.72 Å². The highest BCUT2D eigenvalue weighted by molar-refractivity contribution is 7.92. The van der Waals surface area contributed by atoms with Crippen LogP contribution in [-0.4, -0.2) is 14.7 Å². The zero-order chi connectivity index (χ0) is 15.8. The van der Waals surface area contributed by atoms with Gasteiger partial charge in [0.1, 0.15) is 0 Å². The van der Waals surface area contributed by atoms with Gasteiger partial charge in [-0.25, -0.2) is 8.42 Å². The van der Waals surface area contributed by atoms with Gasteiger partial charge in [0.2, 0.25) is 0 Å². The third-order valence-corrected chi connectivity index (χ3v) is 3.97. The highest BCUT2D eigenvalue weighted by Crippen LogP contribution is 2.16. The van der Waals surface area contributed by atoms with Gasteiger partial charge in [-0.15, -0.1) is 0 Å². The average molecular weight is 309 g/mol. The predicted octanol–water partition coefficient (Wildman–Crippen LogP) is 2.04. The van der Waals surface area contributed by atoms with Gasteiger partial charge < -0.3 is 0 Å². The van der Waals surface area contributed by atoms with E-state index in [1.807, 2.05) is 0 Å². The fraction of sp³-hybridized carbons (Fsp3) is 0. The first-order chi connectivity index (χ1) is 10.6. The van der Waals surface area contributed by atoms with Gasteiger partial charge in [0.05, 0.1) is 10.6 Å². The molecule has 0 spiro atoms. The molecule has 0 unspecified atom stereocenters. The van der Waals surface area contributed by atoms with E-state index in [0.717, 1.165) is 0 Å². The van der Waals surface area contributed by atoms with Crippen molar-refractivity contribution in [2.45, 2.75) is 4.90 Å². The Morgan fingerprint density at radius 2 is 1.73 bits per heavy atom. The topological polar surface area (TPSA) is 63.2 Å². The molecule has 0 fully saturated rings. The lowest BCUT2D eigenvalue weighted by Gasteiger charge is -2.08. The molecule has 2 rings (SSSR count). The highest BCUT2D eigenvalue weighted by atomic mass is 32.2. The molecule has 4 nitrogen and oxygen atoms in total. The van der Waals surface area contributed by atoms with Crippen LogP contribution >= 0.6 is 0 Å². The smallest absolute Gasteiger partial charge is 0.261 e. The number of hydrogen-bond donors (Lipinski definition) is 1. The number of sulfonamides is 1. The van der Waals surface area contributed by atoms with Crippen LogP contribution in [0.2, 0.25) is 0 Å². The first-order valence-electron chi connectivity index (χ1n) is 6.25. The Bertz CT molecular complexity index is 895. The van der Waals surface area contributed by atoms with Gasteiger partial charge in [-0.05, 0) is 48.1 Å². The summed E-state index contributed by atoms with van der Waals surface area (Å²) in [4.78, 5) is 10.2. The maximum absolute atomic E-state index is 12.2. The number of hydrogen-bond acceptors (Lipinski definition) is 3. The highest BCUT2D eigenvalue weighted by Gasteiger charge is 2.13. The Morgan fingerprint density at radius 1 is 0.955 bits per heavy atom. The van der Waals surface area contributed by atoms with Crippen LogP contribution in [0.4, 0.5) is 5.69 Å². The Morgan fingerprint density at radius 3 is 2.45 bits per heavy atom. The van der Waals surface area contributed by atoms with E-state index in [4.69, 9.17) is 0 Å². The van der Waals surface area contributed by atoms with Gasteiger partial charge in [-0.3, -0.25) is 9.52 Å². The molecule has 5 heteroatoms. The zero-order valence-corrected chi connectivity index (χ0v) is 12.2. The van der Waals surface area contributed by atoms with Gasteiger partial charge in [-0.2, -0.15) is 0 Å². The molecule has 2 aromatic carbocycles. The van der Waals surface area contributed by atoms with E-state index >= 15 is 0 Å². The van der Waals surface area contributed by atoms with Crippen LogP contribution in [0.3, 0.4) is 0 Å². The Balaban J connectivity index is 2.23. The van der Waals surface area contributed by atoms with Crippen molar-refractivity contribution in [3.63, 3.8) is 0 Å². The molecule has 0 saturated carbocycles. The first-order valence-corrected chi connectivity index (χ1v) is 7.73. The van der Waals surface area contributed by atoms with Crippen molar-refractivity contribution >= 4 is 22.0 Å². The second-order valence-corrected chi connectivity index (χ2v) is 5.82. The quantitative estimate of drug-likeness (QED) is 0.697. The maximum atomic E-state index is 12.2. The summed E-state index contributed by atoms with van der Waals surface area (Å²) in [5, 5.41) is 0. The molecular weight excluding hydrogens is 298 g/mol. The summed E-state index contributed by atoms with van der Waals surface area (Å²) in [7, 11) is -3.63. The molecule has 0 aliphatic carbocycles. The van der Waals surface area contributed by atoms with E-state index in [-0.39, 0.29) is 4.90 Å². The number of carbonyl (C=O) groups excluding carboxylic acids is 1. The standard InChI is InChI=1S/C17H11NO3S/c19-13-6-2-3-8-15-9-7-10-16(14-15)18-22(20,21)17-11-4-1-5-12-17/h1,4-5,7,9-14,18H. The molecule has 108 valence electrons. The van der Waals surface area contributed by atoms with Crippen LogP contribution < -0.4 is 4.72 Å². The minimum Gasteiger partial charge on any atom is -0.289 e. The molecule has 0 saturated heterocycles. The van der Waals surface area contributed by atoms with E-state index in [1.165, 1.54) is 12.1 Å². The van der Waals surface area contributed by atoms with Crippen LogP contribution in [0.1, 0.15) is 5.56 Å². The lowest BCUT2D eigenvalue weighted by molar-refractivity contribution is -0.103. The lowest BCUT2D eigenvalue weighted by Crippen LogP contribution is -2.12. The lowest BCUT2D eigenvalue weighted by atomic mass is 10.2. The van der Waals surface area contributed by atoms with Crippen molar-refractivity contribution in [3.05, 3.63) is 60.2 Å². The van der Waals surface area contributed by atoms with E-state index < -0.39 is 10.0 Å². The number of nitrogens with one attached hydrogen (secondary N) is 1. The van der Waals surface area contributed by atoms with E-state index in [2.05, 4.69) is 28.4 Å². The molecule has 2 aromatic rings. The summed E-state index contributed by atoms with van der Waals surface area (Å²) in [5.74, 6) is 9.77. The third-order valence-electron chi connectivity index (χ3n) is 2.57. The predicted molar refractivity (Wildman–Crippen MR) is 84.4 cm³/mol. The van der Waals surface area contributed by atoms with E-state index in [1.54, 1.807) is 42.5 Å². The fourth-order valence-electron chi connectivity index (χ4n) is 1.64. The van der Waals surface area contributed by atoms with Gasteiger partial charge in [-0.1, -0.05) is 30.2 Å². The number of anilines is 1. The summed E-state index contributed by atoms with van der Waals surface area (Å²) in [6.07, 6.45) is 0.457. The number of carbonyl (C=O) groups is 1. The summed E-state index contributed by atoms with van der Waals surface area (Å²) in [6, 6.07) is 14.7. The molecule has 0 aromatic heterocycles. The molecule has 0 bridgehead atoms. The van der Waals surface area contributed by atoms with Crippen LogP contribution in [-0.2, 0) is 14.8 Å². The molecular formula is C17H11NO3S. The van der Waals surface area contributed by atoms with Gasteiger partial charge in [0, 0.05) is 5.56 Å². The largest absolute Gasteiger partial charge is 0.289 e. The minimum absolute atomic E-state index is 0.184. The van der Waals surface area contributed by atoms with Crippen molar-refractivity contribution in [2.24, 2.45) is 0 Å². The van der Waals surface area contributed by atoms with Crippen molar-refractivity contribution in [1.82, 2.24) is 0 Å². The molecule has 0 radical (unpaired) electrons. The van der Waals surface area contributed by atoms with Crippen molar-refractivity contribution in [3.8, 4) is 23.7 Å². The average Bonchev–Trinajstić information content (AvgIpc) is 2.52. The maximum Gasteiger partial charge on any atom is 0.261 e. The second-order valence-electron chi connectivity index (χ2n) is 4.14. The molecule has 0 heterocycles. The SMILES string of the molecule is O=CC#CC#Cc1cccc(NS(=O)(=O)c2ccccc2)c1. The Labute approximate surface area is 129 Å². The van der Waals surface area contributed by atoms with Crippen LogP contribution in [0, 0.1) is 23.7 Å². The first kappa shape index (κ1) is 15.4. The van der Waals surface area contributed by atoms with Crippen molar-refractivity contribution in [1.29, 1.82) is 0 Å². The van der Waals surface area contributed by atoms with Crippen molar-refractivity contribution < 1.29 is 13.2 Å². The van der Waals surface area contributed by atoms with E-state index in [0.29, 0.717) is 17.5 Å². The number of aldehydes is 1. The Kier molecular flexibility index (Phi) is 4.98. The minimum atomic E-state index is -3.63. The van der Waals surface area contributed by atoms with Gasteiger partial charge in [0.15, 0.2) is 6.29 Å². The molecule has 0 aliphatic rings. The third kappa shape index (κ3) is 4.24. The molecule has 0 amide bonds. The van der Waals surface area contributed by atoms with Crippen LogP contribution in [0.15, 0.2) is 59.5 Å². The van der Waals surface area contributed by atoms with Gasteiger partial charge >= 0.3 is 0 Å². The summed E-state index contributed by atoms with van der Waals surface area (Å²) < 4.78 is 26.9. The Hall–Kier alpha value is -3.02. The van der Waals surface area contributed by atoms with Crippen LogP contribution in [0.25, 0.3) is 0 Å². The van der Waals surface area contributed by atoms with Gasteiger partial charge in [0.25, 0.3) is 10.0 Å². The molecule has 1 N–H and O–H groups in total.